The van der Waals surface area contributed by atoms with Gasteiger partial charge in [0.25, 0.3) is 0 Å². The van der Waals surface area contributed by atoms with Crippen molar-refractivity contribution in [3.63, 3.8) is 0 Å². The Bertz CT molecular complexity index is 515. The summed E-state index contributed by atoms with van der Waals surface area (Å²) in [5.41, 5.74) is 1.82. The molecule has 0 N–H and O–H groups in total. The van der Waals surface area contributed by atoms with Gasteiger partial charge < -0.3 is 4.74 Å². The first-order valence-corrected chi connectivity index (χ1v) is 6.54. The van der Waals surface area contributed by atoms with E-state index < -0.39 is 5.97 Å². The molecule has 5 nitrogen and oxygen atoms in total. The molecule has 2 aliphatic carbocycles. The Balaban J connectivity index is 2.07. The highest BCUT2D eigenvalue weighted by Crippen LogP contribution is 2.38. The van der Waals surface area contributed by atoms with Crippen LogP contribution in [0.5, 0.6) is 0 Å². The number of hydrogen-bond acceptors (Lipinski definition) is 4. The van der Waals surface area contributed by atoms with Gasteiger partial charge in [-0.3, -0.25) is 9.48 Å². The lowest BCUT2D eigenvalue weighted by atomic mass is 9.94. The number of carbonyl (C=O) groups excluding carboxylic acids is 2. The second kappa shape index (κ2) is 4.23. The maximum atomic E-state index is 12.0. The molecule has 0 unspecified atom stereocenters. The smallest absolute Gasteiger partial charge is 0.359 e. The summed E-state index contributed by atoms with van der Waals surface area (Å²) in [5.74, 6) is -0.283. The minimum Gasteiger partial charge on any atom is -0.461 e. The molecule has 0 aliphatic heterocycles. The van der Waals surface area contributed by atoms with Crippen molar-refractivity contribution in [2.75, 3.05) is 6.61 Å². The van der Waals surface area contributed by atoms with Crippen LogP contribution in [-0.4, -0.2) is 28.1 Å². The zero-order valence-corrected chi connectivity index (χ0v) is 10.4. The SMILES string of the molecule is CCOC(=O)c1nn(C2CC2)c2c1CCCC2=O. The van der Waals surface area contributed by atoms with Crippen molar-refractivity contribution < 1.29 is 14.3 Å². The summed E-state index contributed by atoms with van der Waals surface area (Å²) < 4.78 is 6.78. The fourth-order valence-electron chi connectivity index (χ4n) is 2.49. The molecule has 3 rings (SSSR count). The monoisotopic (exact) mass is 248 g/mol. The van der Waals surface area contributed by atoms with E-state index in [1.54, 1.807) is 11.6 Å². The van der Waals surface area contributed by atoms with Crippen molar-refractivity contribution in [2.24, 2.45) is 0 Å². The molecule has 0 aromatic carbocycles. The summed E-state index contributed by atoms with van der Waals surface area (Å²) in [6.45, 7) is 2.10. The molecule has 2 aliphatic rings. The number of aromatic nitrogens is 2. The van der Waals surface area contributed by atoms with E-state index in [1.165, 1.54) is 0 Å². The third kappa shape index (κ3) is 1.74. The van der Waals surface area contributed by atoms with Gasteiger partial charge in [-0.2, -0.15) is 5.10 Å². The van der Waals surface area contributed by atoms with Gasteiger partial charge in [-0.05, 0) is 32.6 Å². The fraction of sp³-hybridized carbons (Fsp3) is 0.615. The predicted molar refractivity (Wildman–Crippen MR) is 63.7 cm³/mol. The number of esters is 1. The number of carbonyl (C=O) groups is 2. The van der Waals surface area contributed by atoms with Crippen LogP contribution in [0.2, 0.25) is 0 Å². The van der Waals surface area contributed by atoms with Crippen LogP contribution in [0, 0.1) is 0 Å². The lowest BCUT2D eigenvalue weighted by molar-refractivity contribution is 0.0517. The van der Waals surface area contributed by atoms with E-state index >= 15 is 0 Å². The average Bonchev–Trinajstić information content (AvgIpc) is 3.11. The molecule has 0 saturated heterocycles. The largest absolute Gasteiger partial charge is 0.461 e. The molecule has 0 bridgehead atoms. The molecule has 0 atom stereocenters. The molecule has 1 heterocycles. The summed E-state index contributed by atoms with van der Waals surface area (Å²) in [5, 5.41) is 4.34. The number of Topliss-reactive ketones (excluding diaryl/α,β-unsaturated/α-hetero) is 1. The average molecular weight is 248 g/mol. The second-order valence-corrected chi connectivity index (χ2v) is 4.85. The normalized spacial score (nSPS) is 18.6. The van der Waals surface area contributed by atoms with Crippen molar-refractivity contribution in [1.29, 1.82) is 0 Å². The van der Waals surface area contributed by atoms with Gasteiger partial charge in [0.2, 0.25) is 0 Å². The highest BCUT2D eigenvalue weighted by atomic mass is 16.5. The molecule has 0 radical (unpaired) electrons. The molecule has 18 heavy (non-hydrogen) atoms. The van der Waals surface area contributed by atoms with Crippen molar-refractivity contribution in [2.45, 2.75) is 45.1 Å². The first kappa shape index (κ1) is 11.4. The van der Waals surface area contributed by atoms with Crippen LogP contribution >= 0.6 is 0 Å². The Morgan fingerprint density at radius 2 is 2.22 bits per heavy atom. The highest BCUT2D eigenvalue weighted by molar-refractivity contribution is 6.00. The standard InChI is InChI=1S/C13H16N2O3/c1-2-18-13(17)11-9-4-3-5-10(16)12(9)15(14-11)8-6-7-8/h8H,2-7H2,1H3. The van der Waals surface area contributed by atoms with E-state index in [1.807, 2.05) is 0 Å². The van der Waals surface area contributed by atoms with Gasteiger partial charge >= 0.3 is 5.97 Å². The van der Waals surface area contributed by atoms with Crippen molar-refractivity contribution in [3.05, 3.63) is 17.0 Å². The molecule has 5 heteroatoms. The molecular weight excluding hydrogens is 232 g/mol. The first-order chi connectivity index (χ1) is 8.72. The zero-order valence-electron chi connectivity index (χ0n) is 10.4. The number of ether oxygens (including phenoxy) is 1. The van der Waals surface area contributed by atoms with Crippen LogP contribution in [0.1, 0.15) is 65.2 Å². The number of nitrogens with zero attached hydrogens (tertiary/aromatic N) is 2. The number of fused-ring (bicyclic) bond motifs is 1. The lowest BCUT2D eigenvalue weighted by Gasteiger charge is -2.12. The Labute approximate surface area is 105 Å². The third-order valence-electron chi connectivity index (χ3n) is 3.46. The van der Waals surface area contributed by atoms with Crippen LogP contribution in [0.15, 0.2) is 0 Å². The predicted octanol–water partition coefficient (Wildman–Crippen LogP) is 1.91. The number of ketones is 1. The Hall–Kier alpha value is -1.65. The van der Waals surface area contributed by atoms with Crippen molar-refractivity contribution in [3.8, 4) is 0 Å². The molecular formula is C13H16N2O3. The van der Waals surface area contributed by atoms with Crippen LogP contribution < -0.4 is 0 Å². The summed E-state index contributed by atoms with van der Waals surface area (Å²) in [4.78, 5) is 23.9. The van der Waals surface area contributed by atoms with E-state index in [2.05, 4.69) is 5.10 Å². The van der Waals surface area contributed by atoms with Gasteiger partial charge in [0.05, 0.1) is 12.6 Å². The van der Waals surface area contributed by atoms with E-state index in [-0.39, 0.29) is 5.78 Å². The summed E-state index contributed by atoms with van der Waals surface area (Å²) >= 11 is 0. The Morgan fingerprint density at radius 3 is 2.89 bits per heavy atom. The Kier molecular flexibility index (Phi) is 2.69. The highest BCUT2D eigenvalue weighted by Gasteiger charge is 2.36. The minimum atomic E-state index is -0.400. The molecule has 0 amide bonds. The van der Waals surface area contributed by atoms with Gasteiger partial charge in [-0.25, -0.2) is 4.79 Å². The van der Waals surface area contributed by atoms with Crippen LogP contribution in [0.25, 0.3) is 0 Å². The van der Waals surface area contributed by atoms with E-state index in [0.29, 0.717) is 30.5 Å². The molecule has 96 valence electrons. The quantitative estimate of drug-likeness (QED) is 0.767. The second-order valence-electron chi connectivity index (χ2n) is 4.85. The lowest BCUT2D eigenvalue weighted by Crippen LogP contribution is -2.16. The van der Waals surface area contributed by atoms with Crippen LogP contribution in [0.3, 0.4) is 0 Å². The topological polar surface area (TPSA) is 61.2 Å². The summed E-state index contributed by atoms with van der Waals surface area (Å²) in [7, 11) is 0. The van der Waals surface area contributed by atoms with Crippen LogP contribution in [0.4, 0.5) is 0 Å². The van der Waals surface area contributed by atoms with Gasteiger partial charge in [0.15, 0.2) is 11.5 Å². The van der Waals surface area contributed by atoms with E-state index in [4.69, 9.17) is 4.74 Å². The van der Waals surface area contributed by atoms with Gasteiger partial charge in [-0.15, -0.1) is 0 Å². The van der Waals surface area contributed by atoms with Gasteiger partial charge in [0, 0.05) is 12.0 Å². The van der Waals surface area contributed by atoms with Crippen molar-refractivity contribution >= 4 is 11.8 Å². The maximum Gasteiger partial charge on any atom is 0.359 e. The molecule has 0 spiro atoms. The van der Waals surface area contributed by atoms with E-state index in [0.717, 1.165) is 31.2 Å². The first-order valence-electron chi connectivity index (χ1n) is 6.54. The van der Waals surface area contributed by atoms with Gasteiger partial charge in [0.1, 0.15) is 5.69 Å². The van der Waals surface area contributed by atoms with Gasteiger partial charge in [-0.1, -0.05) is 0 Å². The van der Waals surface area contributed by atoms with Crippen molar-refractivity contribution in [1.82, 2.24) is 9.78 Å². The number of rotatable bonds is 3. The summed E-state index contributed by atoms with van der Waals surface area (Å²) in [6.07, 6.45) is 4.21. The minimum absolute atomic E-state index is 0.117. The molecule has 1 fully saturated rings. The molecule has 1 saturated carbocycles. The fourth-order valence-corrected chi connectivity index (χ4v) is 2.49. The molecule has 1 aromatic heterocycles. The zero-order chi connectivity index (χ0) is 12.7. The van der Waals surface area contributed by atoms with Crippen LogP contribution in [-0.2, 0) is 11.2 Å². The Morgan fingerprint density at radius 1 is 1.44 bits per heavy atom. The van der Waals surface area contributed by atoms with E-state index in [9.17, 15) is 9.59 Å². The third-order valence-corrected chi connectivity index (χ3v) is 3.46. The maximum absolute atomic E-state index is 12.0. The number of hydrogen-bond donors (Lipinski definition) is 0. The summed E-state index contributed by atoms with van der Waals surface area (Å²) in [6, 6.07) is 0.309. The molecule has 1 aromatic rings.